The van der Waals surface area contributed by atoms with Crippen molar-refractivity contribution in [2.45, 2.75) is 6.18 Å². The van der Waals surface area contributed by atoms with Crippen molar-refractivity contribution in [2.75, 3.05) is 37.6 Å². The first-order valence-corrected chi connectivity index (χ1v) is 5.88. The molecule has 0 N–H and O–H groups in total. The quantitative estimate of drug-likeness (QED) is 0.768. The van der Waals surface area contributed by atoms with Gasteiger partial charge in [0.1, 0.15) is 5.82 Å². The van der Waals surface area contributed by atoms with Gasteiger partial charge >= 0.3 is 6.18 Å². The standard InChI is InChI=1S/C12H13F3N4/c13-12(14,15)10-1-3-17-11(9-10)19-7-5-18(4-2-16)6-8-19/h1,3,9H,4-8H2. The summed E-state index contributed by atoms with van der Waals surface area (Å²) in [7, 11) is 0. The van der Waals surface area contributed by atoms with Gasteiger partial charge in [0.15, 0.2) is 0 Å². The number of pyridine rings is 1. The molecule has 0 aliphatic carbocycles. The summed E-state index contributed by atoms with van der Waals surface area (Å²) < 4.78 is 37.8. The molecule has 0 spiro atoms. The summed E-state index contributed by atoms with van der Waals surface area (Å²) in [5.74, 6) is 0.339. The summed E-state index contributed by atoms with van der Waals surface area (Å²) in [6.45, 7) is 2.83. The van der Waals surface area contributed by atoms with Crippen molar-refractivity contribution in [3.8, 4) is 6.07 Å². The van der Waals surface area contributed by atoms with Gasteiger partial charge in [0, 0.05) is 32.4 Å². The molecule has 4 nitrogen and oxygen atoms in total. The predicted octanol–water partition coefficient (Wildman–Crippen LogP) is 1.75. The second-order valence-corrected chi connectivity index (χ2v) is 4.32. The fourth-order valence-electron chi connectivity index (χ4n) is 2.00. The predicted molar refractivity (Wildman–Crippen MR) is 63.5 cm³/mol. The zero-order valence-corrected chi connectivity index (χ0v) is 10.2. The Kier molecular flexibility index (Phi) is 3.90. The smallest absolute Gasteiger partial charge is 0.354 e. The molecule has 1 aromatic rings. The highest BCUT2D eigenvalue weighted by Crippen LogP contribution is 2.30. The Bertz CT molecular complexity index is 473. The average molecular weight is 270 g/mol. The van der Waals surface area contributed by atoms with Crippen molar-refractivity contribution in [1.82, 2.24) is 9.88 Å². The van der Waals surface area contributed by atoms with E-state index in [1.54, 1.807) is 0 Å². The van der Waals surface area contributed by atoms with Gasteiger partial charge < -0.3 is 4.90 Å². The maximum absolute atomic E-state index is 12.6. The van der Waals surface area contributed by atoms with E-state index in [1.807, 2.05) is 9.80 Å². The summed E-state index contributed by atoms with van der Waals surface area (Å²) in [5.41, 5.74) is -0.683. The van der Waals surface area contributed by atoms with E-state index in [0.717, 1.165) is 12.1 Å². The number of halogens is 3. The highest BCUT2D eigenvalue weighted by molar-refractivity contribution is 5.42. The summed E-state index contributed by atoms with van der Waals surface area (Å²) in [4.78, 5) is 7.76. The van der Waals surface area contributed by atoms with E-state index in [0.29, 0.717) is 38.5 Å². The summed E-state index contributed by atoms with van der Waals surface area (Å²) in [6.07, 6.45) is -3.17. The van der Waals surface area contributed by atoms with Crippen molar-refractivity contribution < 1.29 is 13.2 Å². The number of hydrogen-bond acceptors (Lipinski definition) is 4. The molecule has 2 rings (SSSR count). The van der Waals surface area contributed by atoms with Gasteiger partial charge in [0.05, 0.1) is 18.2 Å². The Labute approximate surface area is 109 Å². The van der Waals surface area contributed by atoms with Gasteiger partial charge in [-0.2, -0.15) is 18.4 Å². The molecule has 19 heavy (non-hydrogen) atoms. The van der Waals surface area contributed by atoms with E-state index >= 15 is 0 Å². The Morgan fingerprint density at radius 1 is 1.26 bits per heavy atom. The van der Waals surface area contributed by atoms with E-state index in [1.165, 1.54) is 6.20 Å². The first kappa shape index (κ1) is 13.6. The number of nitriles is 1. The van der Waals surface area contributed by atoms with Crippen LogP contribution in [0.4, 0.5) is 19.0 Å². The lowest BCUT2D eigenvalue weighted by atomic mass is 10.2. The fraction of sp³-hybridized carbons (Fsp3) is 0.500. The molecule has 1 saturated heterocycles. The number of nitrogens with zero attached hydrogens (tertiary/aromatic N) is 4. The SMILES string of the molecule is N#CCN1CCN(c2cc(C(F)(F)F)ccn2)CC1. The van der Waals surface area contributed by atoms with Gasteiger partial charge in [0.25, 0.3) is 0 Å². The summed E-state index contributed by atoms with van der Waals surface area (Å²) in [6, 6.07) is 4.10. The fourth-order valence-corrected chi connectivity index (χ4v) is 2.00. The number of alkyl halides is 3. The Morgan fingerprint density at radius 2 is 1.95 bits per heavy atom. The van der Waals surface area contributed by atoms with Gasteiger partial charge in [-0.15, -0.1) is 0 Å². The lowest BCUT2D eigenvalue weighted by Crippen LogP contribution is -2.46. The van der Waals surface area contributed by atoms with Crippen LogP contribution in [0.5, 0.6) is 0 Å². The summed E-state index contributed by atoms with van der Waals surface area (Å²) >= 11 is 0. The molecule has 102 valence electrons. The van der Waals surface area contributed by atoms with Crippen LogP contribution in [0.1, 0.15) is 5.56 Å². The van der Waals surface area contributed by atoms with Crippen LogP contribution in [0, 0.1) is 11.3 Å². The van der Waals surface area contributed by atoms with E-state index in [4.69, 9.17) is 5.26 Å². The normalized spacial score (nSPS) is 17.3. The Morgan fingerprint density at radius 3 is 2.53 bits per heavy atom. The molecule has 0 amide bonds. The molecule has 0 atom stereocenters. The topological polar surface area (TPSA) is 43.2 Å². The van der Waals surface area contributed by atoms with Gasteiger partial charge in [-0.1, -0.05) is 0 Å². The number of rotatable bonds is 2. The van der Waals surface area contributed by atoms with Crippen LogP contribution in [-0.2, 0) is 6.18 Å². The lowest BCUT2D eigenvalue weighted by molar-refractivity contribution is -0.137. The van der Waals surface area contributed by atoms with Crippen LogP contribution in [0.25, 0.3) is 0 Å². The monoisotopic (exact) mass is 270 g/mol. The van der Waals surface area contributed by atoms with Gasteiger partial charge in [-0.25, -0.2) is 4.98 Å². The molecule has 7 heteroatoms. The number of hydrogen-bond donors (Lipinski definition) is 0. The second kappa shape index (κ2) is 5.45. The molecule has 0 bridgehead atoms. The third-order valence-corrected chi connectivity index (χ3v) is 3.06. The maximum Gasteiger partial charge on any atom is 0.416 e. The molecule has 0 aromatic carbocycles. The molecule has 1 aromatic heterocycles. The van der Waals surface area contributed by atoms with Crippen LogP contribution in [-0.4, -0.2) is 42.6 Å². The minimum Gasteiger partial charge on any atom is -0.354 e. The molecular weight excluding hydrogens is 257 g/mol. The molecule has 1 aliphatic rings. The van der Waals surface area contributed by atoms with Crippen LogP contribution < -0.4 is 4.90 Å². The Hall–Kier alpha value is -1.81. The van der Waals surface area contributed by atoms with Crippen molar-refractivity contribution >= 4 is 5.82 Å². The highest BCUT2D eigenvalue weighted by Gasteiger charge is 2.31. The van der Waals surface area contributed by atoms with E-state index in [9.17, 15) is 13.2 Å². The molecule has 1 aliphatic heterocycles. The van der Waals surface area contributed by atoms with Crippen LogP contribution in [0.15, 0.2) is 18.3 Å². The van der Waals surface area contributed by atoms with Gasteiger partial charge in [-0.05, 0) is 12.1 Å². The van der Waals surface area contributed by atoms with E-state index in [2.05, 4.69) is 11.1 Å². The minimum absolute atomic E-state index is 0.339. The molecule has 0 saturated carbocycles. The number of aromatic nitrogens is 1. The minimum atomic E-state index is -4.35. The van der Waals surface area contributed by atoms with E-state index in [-0.39, 0.29) is 0 Å². The van der Waals surface area contributed by atoms with Gasteiger partial charge in [0.2, 0.25) is 0 Å². The molecule has 1 fully saturated rings. The van der Waals surface area contributed by atoms with Crippen molar-refractivity contribution in [3.05, 3.63) is 23.9 Å². The zero-order chi connectivity index (χ0) is 13.9. The third-order valence-electron chi connectivity index (χ3n) is 3.06. The third kappa shape index (κ3) is 3.35. The zero-order valence-electron chi connectivity index (χ0n) is 10.2. The van der Waals surface area contributed by atoms with Gasteiger partial charge in [-0.3, -0.25) is 4.90 Å². The van der Waals surface area contributed by atoms with Crippen molar-refractivity contribution in [1.29, 1.82) is 5.26 Å². The van der Waals surface area contributed by atoms with Crippen LogP contribution >= 0.6 is 0 Å². The molecule has 0 radical (unpaired) electrons. The maximum atomic E-state index is 12.6. The first-order chi connectivity index (χ1) is 9.00. The Balaban J connectivity index is 2.06. The largest absolute Gasteiger partial charge is 0.416 e. The molecular formula is C12H13F3N4. The van der Waals surface area contributed by atoms with Crippen LogP contribution in [0.3, 0.4) is 0 Å². The molecule has 2 heterocycles. The van der Waals surface area contributed by atoms with Crippen molar-refractivity contribution in [3.63, 3.8) is 0 Å². The number of anilines is 1. The molecule has 0 unspecified atom stereocenters. The average Bonchev–Trinajstić information content (AvgIpc) is 2.39. The van der Waals surface area contributed by atoms with Crippen LogP contribution in [0.2, 0.25) is 0 Å². The van der Waals surface area contributed by atoms with E-state index < -0.39 is 11.7 Å². The van der Waals surface area contributed by atoms with Crippen molar-refractivity contribution in [2.24, 2.45) is 0 Å². The lowest BCUT2D eigenvalue weighted by Gasteiger charge is -2.34. The number of piperazine rings is 1. The first-order valence-electron chi connectivity index (χ1n) is 5.88. The summed E-state index contributed by atoms with van der Waals surface area (Å²) in [5, 5.41) is 8.58. The second-order valence-electron chi connectivity index (χ2n) is 4.32. The highest BCUT2D eigenvalue weighted by atomic mass is 19.4.